The van der Waals surface area contributed by atoms with E-state index in [0.717, 1.165) is 0 Å². The highest BCUT2D eigenvalue weighted by Crippen LogP contribution is 2.46. The van der Waals surface area contributed by atoms with E-state index in [4.69, 9.17) is 0 Å². The van der Waals surface area contributed by atoms with Gasteiger partial charge in [-0.1, -0.05) is 66.7 Å². The molecule has 0 atom stereocenters. The number of aromatic nitrogens is 2. The molecule has 0 saturated heterocycles. The SMILES string of the molecule is c1ccc2c(c1)sc1cc3c4c([nH]c5cccc(c6cccc7c8ccccc8n3c67)c54)c12. The second-order valence-corrected chi connectivity index (χ2v) is 10.1. The summed E-state index contributed by atoms with van der Waals surface area (Å²) in [5.41, 5.74) is 6.31. The van der Waals surface area contributed by atoms with Crippen LogP contribution in [0.25, 0.3) is 80.1 Å². The van der Waals surface area contributed by atoms with Gasteiger partial charge in [0.1, 0.15) is 0 Å². The lowest BCUT2D eigenvalue weighted by Crippen LogP contribution is -1.85. The van der Waals surface area contributed by atoms with E-state index in [-0.39, 0.29) is 0 Å². The molecule has 0 amide bonds. The number of benzene rings is 5. The van der Waals surface area contributed by atoms with Crippen molar-refractivity contribution in [2.45, 2.75) is 0 Å². The molecular weight excluding hydrogens is 420 g/mol. The monoisotopic (exact) mass is 436 g/mol. The molecule has 152 valence electrons. The fourth-order valence-electron chi connectivity index (χ4n) is 6.20. The zero-order chi connectivity index (χ0) is 21.3. The highest BCUT2D eigenvalue weighted by molar-refractivity contribution is 7.26. The van der Waals surface area contributed by atoms with E-state index in [2.05, 4.69) is 100 Å². The molecule has 2 nitrogen and oxygen atoms in total. The van der Waals surface area contributed by atoms with Gasteiger partial charge in [0.25, 0.3) is 0 Å². The summed E-state index contributed by atoms with van der Waals surface area (Å²) in [5.74, 6) is 0. The second-order valence-electron chi connectivity index (χ2n) is 9.02. The molecule has 3 heteroatoms. The summed E-state index contributed by atoms with van der Waals surface area (Å²) in [6, 6.07) is 33.5. The summed E-state index contributed by atoms with van der Waals surface area (Å²) in [7, 11) is 0. The van der Waals surface area contributed by atoms with Crippen molar-refractivity contribution in [1.82, 2.24) is 9.38 Å². The van der Waals surface area contributed by atoms with Gasteiger partial charge in [0, 0.05) is 52.6 Å². The van der Waals surface area contributed by atoms with Crippen LogP contribution in [0.3, 0.4) is 0 Å². The number of rotatable bonds is 0. The van der Waals surface area contributed by atoms with Crippen molar-refractivity contribution in [3.05, 3.63) is 91.0 Å². The zero-order valence-electron chi connectivity index (χ0n) is 17.5. The smallest absolute Gasteiger partial charge is 0.0619 e. The third-order valence-corrected chi connectivity index (χ3v) is 8.56. The van der Waals surface area contributed by atoms with Crippen LogP contribution >= 0.6 is 11.3 Å². The van der Waals surface area contributed by atoms with Crippen LogP contribution in [0.4, 0.5) is 0 Å². The molecule has 4 aromatic heterocycles. The number of thiophene rings is 1. The molecule has 9 aromatic rings. The Balaban J connectivity index is 1.77. The Morgan fingerprint density at radius 1 is 0.545 bits per heavy atom. The molecule has 9 rings (SSSR count). The van der Waals surface area contributed by atoms with Crippen LogP contribution in [0.1, 0.15) is 0 Å². The Hall–Kier alpha value is -4.08. The molecule has 1 N–H and O–H groups in total. The lowest BCUT2D eigenvalue weighted by atomic mass is 10.0. The highest BCUT2D eigenvalue weighted by Gasteiger charge is 2.21. The van der Waals surface area contributed by atoms with Crippen molar-refractivity contribution in [3.8, 4) is 0 Å². The Labute approximate surface area is 191 Å². The summed E-state index contributed by atoms with van der Waals surface area (Å²) in [4.78, 5) is 3.85. The van der Waals surface area contributed by atoms with Gasteiger partial charge < -0.3 is 9.38 Å². The minimum absolute atomic E-state index is 1.21. The van der Waals surface area contributed by atoms with Crippen molar-refractivity contribution in [2.75, 3.05) is 0 Å². The summed E-state index contributed by atoms with van der Waals surface area (Å²) in [6.07, 6.45) is 0. The standard InChI is InChI=1S/C30H16N2S/c1-3-13-22-16(7-1)18-10-5-11-19-17-9-6-12-21-26(17)28-23(32(22)30(18)19)15-25-27(29(28)31-21)20-8-2-4-14-24(20)33-25/h1-15,31H. The van der Waals surface area contributed by atoms with Crippen molar-refractivity contribution >= 4 is 91.4 Å². The van der Waals surface area contributed by atoms with Gasteiger partial charge in [-0.25, -0.2) is 0 Å². The number of aromatic amines is 1. The van der Waals surface area contributed by atoms with Gasteiger partial charge >= 0.3 is 0 Å². The number of fused-ring (bicyclic) bond motifs is 9. The van der Waals surface area contributed by atoms with Crippen LogP contribution in [0, 0.1) is 0 Å². The van der Waals surface area contributed by atoms with Gasteiger partial charge in [-0.3, -0.25) is 0 Å². The third kappa shape index (κ3) is 1.81. The first-order valence-electron chi connectivity index (χ1n) is 11.3. The van der Waals surface area contributed by atoms with Crippen LogP contribution in [-0.2, 0) is 0 Å². The van der Waals surface area contributed by atoms with E-state index in [1.165, 1.54) is 80.1 Å². The molecular formula is C30H16N2S. The van der Waals surface area contributed by atoms with Gasteiger partial charge in [-0.05, 0) is 29.7 Å². The van der Waals surface area contributed by atoms with Crippen molar-refractivity contribution < 1.29 is 0 Å². The van der Waals surface area contributed by atoms with Gasteiger partial charge in [-0.2, -0.15) is 0 Å². The highest BCUT2D eigenvalue weighted by atomic mass is 32.1. The molecule has 0 unspecified atom stereocenters. The minimum atomic E-state index is 1.21. The Morgan fingerprint density at radius 2 is 1.27 bits per heavy atom. The third-order valence-electron chi connectivity index (χ3n) is 7.45. The molecule has 0 saturated carbocycles. The van der Waals surface area contributed by atoms with E-state index in [0.29, 0.717) is 0 Å². The Kier molecular flexibility index (Phi) is 2.73. The average Bonchev–Trinajstić information content (AvgIpc) is 3.49. The zero-order valence-corrected chi connectivity index (χ0v) is 18.3. The quantitative estimate of drug-likeness (QED) is 0.245. The summed E-state index contributed by atoms with van der Waals surface area (Å²) < 4.78 is 5.18. The number of H-pyrrole nitrogens is 1. The predicted molar refractivity (Wildman–Crippen MR) is 143 cm³/mol. The van der Waals surface area contributed by atoms with Crippen molar-refractivity contribution in [3.63, 3.8) is 0 Å². The molecule has 0 aliphatic carbocycles. The maximum atomic E-state index is 3.85. The molecule has 0 aliphatic heterocycles. The molecule has 0 bridgehead atoms. The first-order valence-corrected chi connectivity index (χ1v) is 12.1. The van der Waals surface area contributed by atoms with Gasteiger partial charge in [0.15, 0.2) is 0 Å². The van der Waals surface area contributed by atoms with E-state index in [1.807, 2.05) is 11.3 Å². The van der Waals surface area contributed by atoms with Gasteiger partial charge in [-0.15, -0.1) is 11.3 Å². The molecule has 0 fully saturated rings. The average molecular weight is 437 g/mol. The fraction of sp³-hybridized carbons (Fsp3) is 0. The molecule has 0 radical (unpaired) electrons. The van der Waals surface area contributed by atoms with Crippen molar-refractivity contribution in [1.29, 1.82) is 0 Å². The van der Waals surface area contributed by atoms with Gasteiger partial charge in [0.2, 0.25) is 0 Å². The second kappa shape index (κ2) is 5.45. The first-order chi connectivity index (χ1) is 16.4. The number of para-hydroxylation sites is 2. The fourth-order valence-corrected chi connectivity index (χ4v) is 7.35. The summed E-state index contributed by atoms with van der Waals surface area (Å²) in [5, 5.41) is 10.6. The summed E-state index contributed by atoms with van der Waals surface area (Å²) in [6.45, 7) is 0. The van der Waals surface area contributed by atoms with E-state index < -0.39 is 0 Å². The molecule has 0 spiro atoms. The largest absolute Gasteiger partial charge is 0.354 e. The molecule has 33 heavy (non-hydrogen) atoms. The number of hydrogen-bond acceptors (Lipinski definition) is 1. The topological polar surface area (TPSA) is 20.2 Å². The van der Waals surface area contributed by atoms with E-state index >= 15 is 0 Å². The lowest BCUT2D eigenvalue weighted by molar-refractivity contribution is 1.36. The van der Waals surface area contributed by atoms with Crippen LogP contribution in [0.5, 0.6) is 0 Å². The van der Waals surface area contributed by atoms with Crippen LogP contribution in [0.15, 0.2) is 91.0 Å². The van der Waals surface area contributed by atoms with Crippen LogP contribution < -0.4 is 0 Å². The summed E-state index contributed by atoms with van der Waals surface area (Å²) >= 11 is 1.89. The normalized spacial score (nSPS) is 12.8. The lowest BCUT2D eigenvalue weighted by Gasteiger charge is -2.03. The Morgan fingerprint density at radius 3 is 2.21 bits per heavy atom. The van der Waals surface area contributed by atoms with Gasteiger partial charge in [0.05, 0.1) is 22.1 Å². The van der Waals surface area contributed by atoms with Crippen LogP contribution in [0.2, 0.25) is 0 Å². The van der Waals surface area contributed by atoms with E-state index in [9.17, 15) is 0 Å². The van der Waals surface area contributed by atoms with Crippen LogP contribution in [-0.4, -0.2) is 9.38 Å². The first kappa shape index (κ1) is 16.5. The van der Waals surface area contributed by atoms with Crippen molar-refractivity contribution in [2.24, 2.45) is 0 Å². The van der Waals surface area contributed by atoms with E-state index in [1.54, 1.807) is 0 Å². The molecule has 4 heterocycles. The maximum absolute atomic E-state index is 3.85. The number of nitrogens with one attached hydrogen (secondary N) is 1. The molecule has 0 aliphatic rings. The predicted octanol–water partition coefficient (Wildman–Crippen LogP) is 8.84. The number of nitrogens with zero attached hydrogens (tertiary/aromatic N) is 1. The number of hydrogen-bond donors (Lipinski definition) is 1. The minimum Gasteiger partial charge on any atom is -0.354 e. The molecule has 5 aromatic carbocycles. The maximum Gasteiger partial charge on any atom is 0.0619 e. The Bertz CT molecular complexity index is 2240.